The van der Waals surface area contributed by atoms with E-state index in [1.54, 1.807) is 29.1 Å². The average molecular weight is 317 g/mol. The molecule has 1 aromatic carbocycles. The lowest BCUT2D eigenvalue weighted by Crippen LogP contribution is -2.23. The molecule has 0 radical (unpaired) electrons. The lowest BCUT2D eigenvalue weighted by molar-refractivity contribution is 0.0950. The number of nitrogens with zero attached hydrogens (tertiary/aromatic N) is 2. The average Bonchev–Trinajstić information content (AvgIpc) is 2.86. The Bertz CT molecular complexity index is 680. The lowest BCUT2D eigenvalue weighted by atomic mass is 10.1. The van der Waals surface area contributed by atoms with Gasteiger partial charge in [-0.2, -0.15) is 5.10 Å². The van der Waals surface area contributed by atoms with Crippen molar-refractivity contribution in [3.8, 4) is 11.5 Å². The van der Waals surface area contributed by atoms with Crippen molar-refractivity contribution in [3.63, 3.8) is 0 Å². The molecule has 1 amide bonds. The van der Waals surface area contributed by atoms with Gasteiger partial charge in [-0.05, 0) is 39.0 Å². The minimum absolute atomic E-state index is 0.155. The number of carbonyl (C=O) groups excluding carboxylic acids is 1. The third-order valence-corrected chi connectivity index (χ3v) is 3.58. The van der Waals surface area contributed by atoms with Crippen LogP contribution < -0.4 is 14.8 Å². The second kappa shape index (κ2) is 7.67. The van der Waals surface area contributed by atoms with Crippen LogP contribution in [0.25, 0.3) is 0 Å². The number of rotatable bonds is 7. The number of benzene rings is 1. The Morgan fingerprint density at radius 1 is 1.22 bits per heavy atom. The maximum atomic E-state index is 12.3. The molecular formula is C17H23N3O3. The molecule has 1 heterocycles. The summed E-state index contributed by atoms with van der Waals surface area (Å²) in [4.78, 5) is 12.3. The van der Waals surface area contributed by atoms with Crippen molar-refractivity contribution in [2.24, 2.45) is 7.05 Å². The van der Waals surface area contributed by atoms with E-state index >= 15 is 0 Å². The van der Waals surface area contributed by atoms with Crippen molar-refractivity contribution >= 4 is 5.91 Å². The van der Waals surface area contributed by atoms with Gasteiger partial charge >= 0.3 is 0 Å². The molecule has 0 aliphatic carbocycles. The fraction of sp³-hybridized carbons (Fsp3) is 0.412. The highest BCUT2D eigenvalue weighted by Gasteiger charge is 2.12. The van der Waals surface area contributed by atoms with Gasteiger partial charge in [0, 0.05) is 30.4 Å². The lowest BCUT2D eigenvalue weighted by Gasteiger charge is -2.12. The zero-order chi connectivity index (χ0) is 16.8. The Morgan fingerprint density at radius 3 is 2.52 bits per heavy atom. The van der Waals surface area contributed by atoms with Crippen molar-refractivity contribution in [1.29, 1.82) is 0 Å². The van der Waals surface area contributed by atoms with Gasteiger partial charge in [-0.3, -0.25) is 9.48 Å². The number of ether oxygens (including phenoxy) is 2. The largest absolute Gasteiger partial charge is 0.490 e. The summed E-state index contributed by atoms with van der Waals surface area (Å²) in [6, 6.07) is 5.21. The third kappa shape index (κ3) is 4.03. The molecule has 0 aliphatic heterocycles. The Hall–Kier alpha value is -2.50. The van der Waals surface area contributed by atoms with E-state index < -0.39 is 0 Å². The first-order chi connectivity index (χ1) is 11.1. The Balaban J connectivity index is 2.09. The SMILES string of the molecule is CCOc1ccc(C(=O)NCc2cnn(C)c2C)cc1OCC. The molecule has 1 N–H and O–H groups in total. The van der Waals surface area contributed by atoms with E-state index in [1.165, 1.54) is 0 Å². The van der Waals surface area contributed by atoms with E-state index in [1.807, 2.05) is 27.8 Å². The highest BCUT2D eigenvalue weighted by atomic mass is 16.5. The summed E-state index contributed by atoms with van der Waals surface area (Å²) in [5.74, 6) is 1.07. The molecule has 2 rings (SSSR count). The Labute approximate surface area is 136 Å². The number of nitrogens with one attached hydrogen (secondary N) is 1. The summed E-state index contributed by atoms with van der Waals surface area (Å²) in [6.07, 6.45) is 1.76. The van der Waals surface area contributed by atoms with E-state index in [-0.39, 0.29) is 5.91 Å². The molecule has 0 saturated heterocycles. The molecule has 124 valence electrons. The van der Waals surface area contributed by atoms with Crippen molar-refractivity contribution in [3.05, 3.63) is 41.2 Å². The first kappa shape index (κ1) is 16.9. The molecule has 0 atom stereocenters. The molecule has 23 heavy (non-hydrogen) atoms. The standard InChI is InChI=1S/C17H23N3O3/c1-5-22-15-8-7-13(9-16(15)23-6-2)17(21)18-10-14-11-19-20(4)12(14)3/h7-9,11H,5-6,10H2,1-4H3,(H,18,21). The molecule has 0 unspecified atom stereocenters. The quantitative estimate of drug-likeness (QED) is 0.852. The van der Waals surface area contributed by atoms with E-state index in [2.05, 4.69) is 10.4 Å². The molecule has 0 saturated carbocycles. The van der Waals surface area contributed by atoms with Crippen LogP contribution in [-0.2, 0) is 13.6 Å². The second-order valence-corrected chi connectivity index (χ2v) is 5.09. The summed E-state index contributed by atoms with van der Waals surface area (Å²) < 4.78 is 12.8. The monoisotopic (exact) mass is 317 g/mol. The van der Waals surface area contributed by atoms with Crippen molar-refractivity contribution < 1.29 is 14.3 Å². The van der Waals surface area contributed by atoms with E-state index in [9.17, 15) is 4.79 Å². The van der Waals surface area contributed by atoms with Gasteiger partial charge in [0.15, 0.2) is 11.5 Å². The first-order valence-electron chi connectivity index (χ1n) is 7.72. The summed E-state index contributed by atoms with van der Waals surface area (Å²) in [7, 11) is 1.88. The second-order valence-electron chi connectivity index (χ2n) is 5.09. The molecule has 6 nitrogen and oxygen atoms in total. The van der Waals surface area contributed by atoms with Crippen molar-refractivity contribution in [1.82, 2.24) is 15.1 Å². The molecule has 0 spiro atoms. The molecule has 1 aromatic heterocycles. The van der Waals surface area contributed by atoms with Crippen LogP contribution in [-0.4, -0.2) is 28.9 Å². The molecule has 6 heteroatoms. The van der Waals surface area contributed by atoms with Gasteiger partial charge in [-0.1, -0.05) is 0 Å². The molecule has 2 aromatic rings. The van der Waals surface area contributed by atoms with Gasteiger partial charge in [-0.15, -0.1) is 0 Å². The van der Waals surface area contributed by atoms with Gasteiger partial charge in [0.1, 0.15) is 0 Å². The zero-order valence-corrected chi connectivity index (χ0v) is 14.0. The minimum atomic E-state index is -0.155. The number of hydrogen-bond acceptors (Lipinski definition) is 4. The Kier molecular flexibility index (Phi) is 5.62. The van der Waals surface area contributed by atoms with Crippen molar-refractivity contribution in [2.45, 2.75) is 27.3 Å². The number of aryl methyl sites for hydroxylation is 1. The van der Waals surface area contributed by atoms with Gasteiger partial charge < -0.3 is 14.8 Å². The summed E-state index contributed by atoms with van der Waals surface area (Å²) >= 11 is 0. The third-order valence-electron chi connectivity index (χ3n) is 3.58. The topological polar surface area (TPSA) is 65.4 Å². The fourth-order valence-corrected chi connectivity index (χ4v) is 2.19. The first-order valence-corrected chi connectivity index (χ1v) is 7.72. The molecule has 0 bridgehead atoms. The van der Waals surface area contributed by atoms with Gasteiger partial charge in [0.25, 0.3) is 5.91 Å². The highest BCUT2D eigenvalue weighted by Crippen LogP contribution is 2.28. The highest BCUT2D eigenvalue weighted by molar-refractivity contribution is 5.94. The predicted octanol–water partition coefficient (Wildman–Crippen LogP) is 2.46. The van der Waals surface area contributed by atoms with Gasteiger partial charge in [-0.25, -0.2) is 0 Å². The summed E-state index contributed by atoms with van der Waals surface area (Å²) in [5, 5.41) is 7.07. The predicted molar refractivity (Wildman–Crippen MR) is 87.9 cm³/mol. The number of hydrogen-bond donors (Lipinski definition) is 1. The summed E-state index contributed by atoms with van der Waals surface area (Å²) in [6.45, 7) is 7.28. The van der Waals surface area contributed by atoms with Crippen LogP contribution in [0, 0.1) is 6.92 Å². The van der Waals surface area contributed by atoms with E-state index in [0.717, 1.165) is 11.3 Å². The Morgan fingerprint density at radius 2 is 1.91 bits per heavy atom. The minimum Gasteiger partial charge on any atom is -0.490 e. The maximum Gasteiger partial charge on any atom is 0.251 e. The maximum absolute atomic E-state index is 12.3. The van der Waals surface area contributed by atoms with Crippen LogP contribution in [0.5, 0.6) is 11.5 Å². The van der Waals surface area contributed by atoms with Gasteiger partial charge in [0.2, 0.25) is 0 Å². The van der Waals surface area contributed by atoms with E-state index in [4.69, 9.17) is 9.47 Å². The molecule has 0 aliphatic rings. The van der Waals surface area contributed by atoms with Crippen LogP contribution in [0.1, 0.15) is 35.5 Å². The fourth-order valence-electron chi connectivity index (χ4n) is 2.19. The summed E-state index contributed by atoms with van der Waals surface area (Å²) in [5.41, 5.74) is 2.57. The number of aromatic nitrogens is 2. The number of amides is 1. The van der Waals surface area contributed by atoms with Crippen LogP contribution in [0.4, 0.5) is 0 Å². The zero-order valence-electron chi connectivity index (χ0n) is 14.0. The van der Waals surface area contributed by atoms with Crippen LogP contribution in [0.3, 0.4) is 0 Å². The van der Waals surface area contributed by atoms with E-state index in [0.29, 0.717) is 36.8 Å². The normalized spacial score (nSPS) is 10.4. The molecule has 0 fully saturated rings. The molecular weight excluding hydrogens is 294 g/mol. The number of carbonyl (C=O) groups is 1. The van der Waals surface area contributed by atoms with Crippen LogP contribution >= 0.6 is 0 Å². The van der Waals surface area contributed by atoms with Crippen LogP contribution in [0.2, 0.25) is 0 Å². The van der Waals surface area contributed by atoms with Crippen LogP contribution in [0.15, 0.2) is 24.4 Å². The van der Waals surface area contributed by atoms with Crippen molar-refractivity contribution in [2.75, 3.05) is 13.2 Å². The van der Waals surface area contributed by atoms with Gasteiger partial charge in [0.05, 0.1) is 19.4 Å². The smallest absolute Gasteiger partial charge is 0.251 e.